The Morgan fingerprint density at radius 3 is 2.48 bits per heavy atom. The molecule has 25 heavy (non-hydrogen) atoms. The van der Waals surface area contributed by atoms with Crippen molar-refractivity contribution in [3.63, 3.8) is 0 Å². The van der Waals surface area contributed by atoms with E-state index in [1.54, 1.807) is 6.20 Å². The number of hydrogen-bond donors (Lipinski definition) is 0. The van der Waals surface area contributed by atoms with Gasteiger partial charge in [-0.15, -0.1) is 0 Å². The quantitative estimate of drug-likeness (QED) is 0.720. The van der Waals surface area contributed by atoms with Crippen LogP contribution in [0, 0.1) is 5.82 Å². The van der Waals surface area contributed by atoms with E-state index < -0.39 is 15.8 Å². The lowest BCUT2D eigenvalue weighted by molar-refractivity contribution is 0.412. The summed E-state index contributed by atoms with van der Waals surface area (Å²) in [6, 6.07) is 12.5. The molecule has 1 fully saturated rings. The molecule has 1 aliphatic heterocycles. The highest BCUT2D eigenvalue weighted by Crippen LogP contribution is 2.34. The first-order valence-corrected chi connectivity index (χ1v) is 9.70. The average Bonchev–Trinajstić information content (AvgIpc) is 3.19. The van der Waals surface area contributed by atoms with E-state index in [0.717, 1.165) is 30.5 Å². The van der Waals surface area contributed by atoms with Crippen molar-refractivity contribution >= 4 is 20.9 Å². The summed E-state index contributed by atoms with van der Waals surface area (Å²) in [5, 5.41) is 0.966. The molecule has 0 bridgehead atoms. The Bertz CT molecular complexity index is 1030. The van der Waals surface area contributed by atoms with Crippen LogP contribution in [0.15, 0.2) is 59.6 Å². The number of aromatic nitrogens is 1. The van der Waals surface area contributed by atoms with E-state index in [-0.39, 0.29) is 4.90 Å². The Morgan fingerprint density at radius 2 is 1.80 bits per heavy atom. The molecule has 1 atom stereocenters. The normalized spacial score (nSPS) is 18.9. The molecular weight excluding hydrogens is 339 g/mol. The molecule has 3 aromatic rings. The maximum Gasteiger partial charge on any atom is 0.268 e. The molecule has 0 radical (unpaired) electrons. The van der Waals surface area contributed by atoms with Gasteiger partial charge in [0.25, 0.3) is 10.0 Å². The third-order valence-electron chi connectivity index (χ3n) is 4.91. The Labute approximate surface area is 146 Å². The van der Waals surface area contributed by atoms with Gasteiger partial charge in [-0.2, -0.15) is 0 Å². The van der Waals surface area contributed by atoms with E-state index in [0.29, 0.717) is 11.4 Å². The van der Waals surface area contributed by atoms with Gasteiger partial charge >= 0.3 is 0 Å². The summed E-state index contributed by atoms with van der Waals surface area (Å²) in [7, 11) is -1.69. The Morgan fingerprint density at radius 1 is 1.08 bits per heavy atom. The number of halogens is 1. The predicted octanol–water partition coefficient (Wildman–Crippen LogP) is 3.44. The summed E-state index contributed by atoms with van der Waals surface area (Å²) in [6.07, 6.45) is 2.76. The molecule has 0 N–H and O–H groups in total. The highest BCUT2D eigenvalue weighted by atomic mass is 32.2. The molecule has 4 nitrogen and oxygen atoms in total. The zero-order chi connectivity index (χ0) is 17.6. The molecule has 0 amide bonds. The fourth-order valence-electron chi connectivity index (χ4n) is 3.61. The second kappa shape index (κ2) is 5.97. The van der Waals surface area contributed by atoms with Gasteiger partial charge in [0.05, 0.1) is 10.4 Å². The fourth-order valence-corrected chi connectivity index (χ4v) is 4.99. The average molecular weight is 358 g/mol. The molecule has 0 spiro atoms. The van der Waals surface area contributed by atoms with E-state index in [4.69, 9.17) is 0 Å². The number of hydrogen-bond acceptors (Lipinski definition) is 3. The lowest BCUT2D eigenvalue weighted by Crippen LogP contribution is -2.13. The van der Waals surface area contributed by atoms with Crippen LogP contribution < -0.4 is 0 Å². The van der Waals surface area contributed by atoms with E-state index >= 15 is 0 Å². The SMILES string of the molecule is CN1CC[C@H](c2cn(S(=O)(=O)c3ccc(F)cc3)c3ccccc23)C1. The van der Waals surface area contributed by atoms with Crippen LogP contribution in [-0.2, 0) is 10.0 Å². The summed E-state index contributed by atoms with van der Waals surface area (Å²) >= 11 is 0. The van der Waals surface area contributed by atoms with Gasteiger partial charge in [0.15, 0.2) is 0 Å². The maximum atomic E-state index is 13.2. The topological polar surface area (TPSA) is 42.3 Å². The summed E-state index contributed by atoms with van der Waals surface area (Å²) in [4.78, 5) is 2.34. The van der Waals surface area contributed by atoms with Gasteiger partial charge in [0.1, 0.15) is 5.82 Å². The van der Waals surface area contributed by atoms with Crippen molar-refractivity contribution in [1.29, 1.82) is 0 Å². The standard InChI is InChI=1S/C19H19FN2O2S/c1-21-11-10-14(12-21)18-13-22(19-5-3-2-4-17(18)19)25(23,24)16-8-6-15(20)7-9-16/h2-9,13-14H,10-12H2,1H3/t14-/m0/s1. The summed E-state index contributed by atoms with van der Waals surface area (Å²) in [5.74, 6) is -0.134. The molecule has 0 aliphatic carbocycles. The van der Waals surface area contributed by atoms with E-state index in [9.17, 15) is 12.8 Å². The molecule has 6 heteroatoms. The van der Waals surface area contributed by atoms with Crippen molar-refractivity contribution < 1.29 is 12.8 Å². The summed E-state index contributed by atoms with van der Waals surface area (Å²) in [5.41, 5.74) is 1.72. The van der Waals surface area contributed by atoms with Crippen LogP contribution in [0.2, 0.25) is 0 Å². The van der Waals surface area contributed by atoms with Crippen LogP contribution in [0.4, 0.5) is 4.39 Å². The van der Waals surface area contributed by atoms with E-state index in [1.165, 1.54) is 28.2 Å². The van der Waals surface area contributed by atoms with Gasteiger partial charge in [-0.1, -0.05) is 18.2 Å². The van der Waals surface area contributed by atoms with Gasteiger partial charge in [-0.25, -0.2) is 16.8 Å². The van der Waals surface area contributed by atoms with Crippen molar-refractivity contribution in [3.05, 3.63) is 66.1 Å². The van der Waals surface area contributed by atoms with Crippen molar-refractivity contribution in [3.8, 4) is 0 Å². The van der Waals surface area contributed by atoms with Crippen LogP contribution in [0.5, 0.6) is 0 Å². The highest BCUT2D eigenvalue weighted by Gasteiger charge is 2.27. The van der Waals surface area contributed by atoms with Crippen molar-refractivity contribution in [2.45, 2.75) is 17.2 Å². The second-order valence-corrected chi connectivity index (χ2v) is 8.42. The summed E-state index contributed by atoms with van der Waals surface area (Å²) < 4.78 is 40.7. The first kappa shape index (κ1) is 16.3. The molecule has 1 saturated heterocycles. The van der Waals surface area contributed by atoms with Gasteiger partial charge in [0, 0.05) is 18.1 Å². The molecule has 130 valence electrons. The number of rotatable bonds is 3. The smallest absolute Gasteiger partial charge is 0.268 e. The second-order valence-electron chi connectivity index (χ2n) is 6.60. The van der Waals surface area contributed by atoms with Gasteiger partial charge in [0.2, 0.25) is 0 Å². The number of para-hydroxylation sites is 1. The Balaban J connectivity index is 1.89. The first-order valence-electron chi connectivity index (χ1n) is 8.26. The third-order valence-corrected chi connectivity index (χ3v) is 6.60. The Hall–Kier alpha value is -2.18. The van der Waals surface area contributed by atoms with E-state index in [1.807, 2.05) is 24.3 Å². The lowest BCUT2D eigenvalue weighted by Gasteiger charge is -2.09. The number of benzene rings is 2. The molecular formula is C19H19FN2O2S. The van der Waals surface area contributed by atoms with Crippen LogP contribution in [0.25, 0.3) is 10.9 Å². The zero-order valence-corrected chi connectivity index (χ0v) is 14.7. The monoisotopic (exact) mass is 358 g/mol. The molecule has 4 rings (SSSR count). The minimum Gasteiger partial charge on any atom is -0.306 e. The Kier molecular flexibility index (Phi) is 3.89. The number of nitrogens with zero attached hydrogens (tertiary/aromatic N) is 2. The number of fused-ring (bicyclic) bond motifs is 1. The van der Waals surface area contributed by atoms with Crippen molar-refractivity contribution in [2.75, 3.05) is 20.1 Å². The van der Waals surface area contributed by atoms with Crippen LogP contribution >= 0.6 is 0 Å². The fraction of sp³-hybridized carbons (Fsp3) is 0.263. The molecule has 1 aliphatic rings. The van der Waals surface area contributed by atoms with Crippen molar-refractivity contribution in [1.82, 2.24) is 8.87 Å². The molecule has 2 heterocycles. The van der Waals surface area contributed by atoms with Crippen LogP contribution in [-0.4, -0.2) is 37.4 Å². The zero-order valence-electron chi connectivity index (χ0n) is 13.9. The number of likely N-dealkylation sites (N-methyl/N-ethyl adjacent to an activating group) is 1. The van der Waals surface area contributed by atoms with Crippen LogP contribution in [0.3, 0.4) is 0 Å². The first-order chi connectivity index (χ1) is 12.0. The minimum absolute atomic E-state index is 0.0877. The molecule has 1 aromatic heterocycles. The van der Waals surface area contributed by atoms with Gasteiger partial charge in [-0.05, 0) is 61.8 Å². The maximum absolute atomic E-state index is 13.2. The van der Waals surface area contributed by atoms with Gasteiger partial charge < -0.3 is 4.90 Å². The largest absolute Gasteiger partial charge is 0.306 e. The third kappa shape index (κ3) is 2.75. The molecule has 2 aromatic carbocycles. The van der Waals surface area contributed by atoms with E-state index in [2.05, 4.69) is 11.9 Å². The molecule has 0 unspecified atom stereocenters. The van der Waals surface area contributed by atoms with Gasteiger partial charge in [-0.3, -0.25) is 0 Å². The van der Waals surface area contributed by atoms with Crippen molar-refractivity contribution in [2.24, 2.45) is 0 Å². The lowest BCUT2D eigenvalue weighted by atomic mass is 9.98. The summed E-state index contributed by atoms with van der Waals surface area (Å²) in [6.45, 7) is 1.93. The van der Waals surface area contributed by atoms with Crippen LogP contribution in [0.1, 0.15) is 17.9 Å². The highest BCUT2D eigenvalue weighted by molar-refractivity contribution is 7.90. The predicted molar refractivity (Wildman–Crippen MR) is 95.8 cm³/mol. The minimum atomic E-state index is -3.77. The number of likely N-dealkylation sites (tertiary alicyclic amines) is 1. The molecule has 0 saturated carbocycles.